The number of anilines is 1. The first kappa shape index (κ1) is 15.9. The summed E-state index contributed by atoms with van der Waals surface area (Å²) in [5.41, 5.74) is 0.721. The van der Waals surface area contributed by atoms with Gasteiger partial charge in [-0.25, -0.2) is 4.98 Å². The van der Waals surface area contributed by atoms with Crippen molar-refractivity contribution in [2.75, 3.05) is 31.1 Å². The molecule has 0 aliphatic carbocycles. The first-order valence-corrected chi connectivity index (χ1v) is 7.87. The number of piperazine rings is 1. The summed E-state index contributed by atoms with van der Waals surface area (Å²) in [5.74, 6) is -0.192. The first-order valence-electron chi connectivity index (χ1n) is 7.87. The van der Waals surface area contributed by atoms with Crippen LogP contribution in [0.5, 0.6) is 0 Å². The number of nitrogens with zero attached hydrogens (tertiary/aromatic N) is 4. The third-order valence-corrected chi connectivity index (χ3v) is 3.89. The van der Waals surface area contributed by atoms with Crippen LogP contribution < -0.4 is 10.2 Å². The van der Waals surface area contributed by atoms with Crippen molar-refractivity contribution in [2.45, 2.75) is 6.54 Å². The van der Waals surface area contributed by atoms with Gasteiger partial charge in [0.05, 0.1) is 12.2 Å². The van der Waals surface area contributed by atoms with Crippen molar-refractivity contribution in [3.63, 3.8) is 0 Å². The number of nitrogens with one attached hydrogen (secondary N) is 1. The molecule has 1 aliphatic rings. The van der Waals surface area contributed by atoms with Crippen molar-refractivity contribution in [1.82, 2.24) is 20.2 Å². The van der Waals surface area contributed by atoms with Crippen LogP contribution in [0.25, 0.3) is 0 Å². The largest absolute Gasteiger partial charge is 0.353 e. The summed E-state index contributed by atoms with van der Waals surface area (Å²) in [6.45, 7) is 2.59. The molecule has 24 heavy (non-hydrogen) atoms. The van der Waals surface area contributed by atoms with E-state index in [2.05, 4.69) is 20.2 Å². The summed E-state index contributed by atoms with van der Waals surface area (Å²) in [6.07, 6.45) is 3.40. The Bertz CT molecular complexity index is 685. The predicted molar refractivity (Wildman–Crippen MR) is 89.1 cm³/mol. The van der Waals surface area contributed by atoms with Crippen molar-refractivity contribution in [2.24, 2.45) is 0 Å². The Morgan fingerprint density at radius 1 is 0.958 bits per heavy atom. The van der Waals surface area contributed by atoms with Crippen LogP contribution in [0.2, 0.25) is 0 Å². The highest BCUT2D eigenvalue weighted by atomic mass is 16.2. The van der Waals surface area contributed by atoms with E-state index in [1.54, 1.807) is 29.4 Å². The first-order chi connectivity index (χ1) is 11.7. The van der Waals surface area contributed by atoms with E-state index in [4.69, 9.17) is 0 Å². The summed E-state index contributed by atoms with van der Waals surface area (Å²) in [7, 11) is 0. The second kappa shape index (κ2) is 7.54. The summed E-state index contributed by atoms with van der Waals surface area (Å²) in [5, 5.41) is 2.62. The van der Waals surface area contributed by atoms with Crippen molar-refractivity contribution < 1.29 is 9.59 Å². The highest BCUT2D eigenvalue weighted by Crippen LogP contribution is 2.12. The number of carbonyl (C=O) groups is 2. The molecule has 3 rings (SSSR count). The minimum absolute atomic E-state index is 0.249. The third-order valence-electron chi connectivity index (χ3n) is 3.89. The lowest BCUT2D eigenvalue weighted by molar-refractivity contribution is -0.146. The Balaban J connectivity index is 1.48. The van der Waals surface area contributed by atoms with E-state index in [0.29, 0.717) is 26.2 Å². The lowest BCUT2D eigenvalue weighted by atomic mass is 10.3. The van der Waals surface area contributed by atoms with E-state index in [9.17, 15) is 9.59 Å². The summed E-state index contributed by atoms with van der Waals surface area (Å²) in [6, 6.07) is 11.2. The number of carbonyl (C=O) groups excluding carboxylic acids is 2. The van der Waals surface area contributed by atoms with Crippen LogP contribution in [0.15, 0.2) is 48.8 Å². The van der Waals surface area contributed by atoms with Crippen LogP contribution in [0.1, 0.15) is 5.69 Å². The Kier molecular flexibility index (Phi) is 5.00. The molecule has 0 atom stereocenters. The zero-order valence-electron chi connectivity index (χ0n) is 13.3. The van der Waals surface area contributed by atoms with Gasteiger partial charge in [-0.1, -0.05) is 12.1 Å². The number of pyridine rings is 2. The van der Waals surface area contributed by atoms with Gasteiger partial charge in [-0.15, -0.1) is 0 Å². The average molecular weight is 325 g/mol. The Hall–Kier alpha value is -2.96. The fraction of sp³-hybridized carbons (Fsp3) is 0.294. The van der Waals surface area contributed by atoms with Crippen LogP contribution in [-0.2, 0) is 16.1 Å². The molecular formula is C17H19N5O2. The fourth-order valence-corrected chi connectivity index (χ4v) is 2.57. The average Bonchev–Trinajstić information content (AvgIpc) is 2.67. The summed E-state index contributed by atoms with van der Waals surface area (Å²) in [4.78, 5) is 36.3. The Morgan fingerprint density at radius 2 is 1.67 bits per heavy atom. The summed E-state index contributed by atoms with van der Waals surface area (Å²) >= 11 is 0. The monoisotopic (exact) mass is 325 g/mol. The molecule has 0 aromatic carbocycles. The van der Waals surface area contributed by atoms with Crippen molar-refractivity contribution in [1.29, 1.82) is 0 Å². The van der Waals surface area contributed by atoms with E-state index in [-0.39, 0.29) is 6.54 Å². The molecule has 0 bridgehead atoms. The smallest absolute Gasteiger partial charge is 0.312 e. The van der Waals surface area contributed by atoms with Crippen LogP contribution in [-0.4, -0.2) is 52.9 Å². The van der Waals surface area contributed by atoms with Gasteiger partial charge < -0.3 is 15.1 Å². The highest BCUT2D eigenvalue weighted by Gasteiger charge is 2.26. The van der Waals surface area contributed by atoms with Gasteiger partial charge in [0.25, 0.3) is 0 Å². The fourth-order valence-electron chi connectivity index (χ4n) is 2.57. The van der Waals surface area contributed by atoms with Crippen molar-refractivity contribution >= 4 is 17.6 Å². The van der Waals surface area contributed by atoms with Gasteiger partial charge in [-0.2, -0.15) is 0 Å². The molecule has 124 valence electrons. The lowest BCUT2D eigenvalue weighted by Gasteiger charge is -2.34. The molecule has 1 fully saturated rings. The Morgan fingerprint density at radius 3 is 2.29 bits per heavy atom. The van der Waals surface area contributed by atoms with Gasteiger partial charge in [0, 0.05) is 38.6 Å². The van der Waals surface area contributed by atoms with Gasteiger partial charge in [-0.3, -0.25) is 14.6 Å². The van der Waals surface area contributed by atoms with E-state index in [1.165, 1.54) is 0 Å². The topological polar surface area (TPSA) is 78.4 Å². The minimum Gasteiger partial charge on any atom is -0.353 e. The van der Waals surface area contributed by atoms with Crippen molar-refractivity contribution in [3.05, 3.63) is 54.5 Å². The molecule has 1 N–H and O–H groups in total. The molecule has 7 nitrogen and oxygen atoms in total. The van der Waals surface area contributed by atoms with Crippen molar-refractivity contribution in [3.8, 4) is 0 Å². The molecule has 2 aromatic heterocycles. The molecule has 0 spiro atoms. The van der Waals surface area contributed by atoms with Crippen LogP contribution in [0.3, 0.4) is 0 Å². The van der Waals surface area contributed by atoms with E-state index in [0.717, 1.165) is 11.5 Å². The van der Waals surface area contributed by atoms with Gasteiger partial charge in [0.15, 0.2) is 0 Å². The molecule has 1 saturated heterocycles. The van der Waals surface area contributed by atoms with Gasteiger partial charge in [-0.05, 0) is 24.3 Å². The van der Waals surface area contributed by atoms with E-state index < -0.39 is 11.8 Å². The molecule has 0 radical (unpaired) electrons. The molecule has 0 saturated carbocycles. The molecule has 1 aliphatic heterocycles. The molecule has 2 amide bonds. The molecule has 2 aromatic rings. The van der Waals surface area contributed by atoms with E-state index >= 15 is 0 Å². The zero-order chi connectivity index (χ0) is 16.8. The highest BCUT2D eigenvalue weighted by molar-refractivity contribution is 6.35. The molecule has 0 unspecified atom stereocenters. The number of aromatic nitrogens is 2. The van der Waals surface area contributed by atoms with Crippen LogP contribution in [0.4, 0.5) is 5.82 Å². The minimum atomic E-state index is -0.591. The van der Waals surface area contributed by atoms with Crippen LogP contribution >= 0.6 is 0 Å². The SMILES string of the molecule is O=C(NCc1ccccn1)C(=O)N1CCN(c2ccccn2)CC1. The number of hydrogen-bond donors (Lipinski definition) is 1. The second-order valence-electron chi connectivity index (χ2n) is 5.47. The number of hydrogen-bond acceptors (Lipinski definition) is 5. The normalized spacial score (nSPS) is 14.3. The van der Waals surface area contributed by atoms with Crippen LogP contribution in [0, 0.1) is 0 Å². The van der Waals surface area contributed by atoms with E-state index in [1.807, 2.05) is 24.3 Å². The predicted octanol–water partition coefficient (Wildman–Crippen LogP) is 0.442. The maximum atomic E-state index is 12.2. The maximum Gasteiger partial charge on any atom is 0.312 e. The van der Waals surface area contributed by atoms with Gasteiger partial charge in [0.2, 0.25) is 0 Å². The number of amides is 2. The van der Waals surface area contributed by atoms with Gasteiger partial charge >= 0.3 is 11.8 Å². The summed E-state index contributed by atoms with van der Waals surface area (Å²) < 4.78 is 0. The molecule has 3 heterocycles. The Labute approximate surface area is 140 Å². The van der Waals surface area contributed by atoms with Gasteiger partial charge in [0.1, 0.15) is 5.82 Å². The maximum absolute atomic E-state index is 12.2. The molecular weight excluding hydrogens is 306 g/mol. The number of rotatable bonds is 3. The molecule has 7 heteroatoms. The zero-order valence-corrected chi connectivity index (χ0v) is 13.3. The second-order valence-corrected chi connectivity index (χ2v) is 5.47. The quantitative estimate of drug-likeness (QED) is 0.829. The lowest BCUT2D eigenvalue weighted by Crippen LogP contribution is -2.52. The third kappa shape index (κ3) is 3.87. The standard InChI is InChI=1S/C17H19N5O2/c23-16(20-13-14-5-1-3-7-18-14)17(24)22-11-9-21(10-12-22)15-6-2-4-8-19-15/h1-8H,9-13H2,(H,20,23).